The van der Waals surface area contributed by atoms with E-state index in [0.29, 0.717) is 22.3 Å². The largest absolute Gasteiger partial charge is 0.314 e. The first-order valence-electron chi connectivity index (χ1n) is 4.71. The fourth-order valence-corrected chi connectivity index (χ4v) is 3.68. The highest BCUT2D eigenvalue weighted by molar-refractivity contribution is 7.85. The molecule has 0 saturated carbocycles. The van der Waals surface area contributed by atoms with Gasteiger partial charge in [-0.1, -0.05) is 29.3 Å². The molecule has 1 saturated heterocycles. The first-order valence-corrected chi connectivity index (χ1v) is 6.85. The molecule has 0 bridgehead atoms. The molecule has 0 spiro atoms. The second kappa shape index (κ2) is 4.83. The predicted molar refractivity (Wildman–Crippen MR) is 65.1 cm³/mol. The molecule has 1 heterocycles. The van der Waals surface area contributed by atoms with Gasteiger partial charge in [0.05, 0.1) is 5.25 Å². The fourth-order valence-electron chi connectivity index (χ4n) is 1.66. The maximum atomic E-state index is 11.8. The summed E-state index contributed by atoms with van der Waals surface area (Å²) in [4.78, 5) is 0. The van der Waals surface area contributed by atoms with Crippen LogP contribution in [0, 0.1) is 0 Å². The van der Waals surface area contributed by atoms with Crippen LogP contribution in [0.2, 0.25) is 10.0 Å². The molecule has 0 radical (unpaired) electrons. The van der Waals surface area contributed by atoms with Gasteiger partial charge in [-0.25, -0.2) is 0 Å². The van der Waals surface area contributed by atoms with Crippen molar-refractivity contribution < 1.29 is 4.21 Å². The van der Waals surface area contributed by atoms with Crippen LogP contribution in [0.1, 0.15) is 10.8 Å². The fraction of sp³-hybridized carbons (Fsp3) is 0.400. The zero-order valence-electron chi connectivity index (χ0n) is 8.00. The topological polar surface area (TPSA) is 29.1 Å². The van der Waals surface area contributed by atoms with Crippen molar-refractivity contribution in [3.63, 3.8) is 0 Å². The highest BCUT2D eigenvalue weighted by atomic mass is 35.5. The third kappa shape index (κ3) is 2.53. The summed E-state index contributed by atoms with van der Waals surface area (Å²) in [6, 6.07) is 5.35. The van der Waals surface area contributed by atoms with Crippen LogP contribution in [0.5, 0.6) is 0 Å². The Balaban J connectivity index is 2.31. The van der Waals surface area contributed by atoms with E-state index in [4.69, 9.17) is 23.2 Å². The van der Waals surface area contributed by atoms with Gasteiger partial charge in [0.15, 0.2) is 0 Å². The first-order chi connectivity index (χ1) is 7.18. The zero-order chi connectivity index (χ0) is 10.8. The van der Waals surface area contributed by atoms with Gasteiger partial charge in [-0.3, -0.25) is 4.21 Å². The van der Waals surface area contributed by atoms with Crippen LogP contribution < -0.4 is 5.32 Å². The van der Waals surface area contributed by atoms with Crippen LogP contribution >= 0.6 is 23.2 Å². The molecule has 1 aromatic carbocycles. The summed E-state index contributed by atoms with van der Waals surface area (Å²) in [7, 11) is -0.836. The molecule has 1 aromatic rings. The molecule has 2 rings (SSSR count). The first kappa shape index (κ1) is 11.4. The average Bonchev–Trinajstić information content (AvgIpc) is 2.20. The van der Waals surface area contributed by atoms with Crippen molar-refractivity contribution in [2.75, 3.05) is 18.8 Å². The van der Waals surface area contributed by atoms with E-state index in [-0.39, 0.29) is 5.25 Å². The van der Waals surface area contributed by atoms with Gasteiger partial charge < -0.3 is 5.32 Å². The third-order valence-corrected chi connectivity index (χ3v) is 4.66. The second-order valence-corrected chi connectivity index (χ2v) is 6.03. The highest BCUT2D eigenvalue weighted by Gasteiger charge is 2.24. The lowest BCUT2D eigenvalue weighted by atomic mass is 10.1. The lowest BCUT2D eigenvalue weighted by Gasteiger charge is -2.23. The van der Waals surface area contributed by atoms with E-state index in [0.717, 1.165) is 12.1 Å². The summed E-state index contributed by atoms with van der Waals surface area (Å²) in [6.07, 6.45) is 0. The van der Waals surface area contributed by atoms with Crippen molar-refractivity contribution in [1.29, 1.82) is 0 Å². The average molecular weight is 264 g/mol. The van der Waals surface area contributed by atoms with Crippen LogP contribution in [-0.4, -0.2) is 23.1 Å². The molecule has 0 amide bonds. The Morgan fingerprint density at radius 2 is 2.20 bits per heavy atom. The Labute approximate surface area is 101 Å². The van der Waals surface area contributed by atoms with Crippen molar-refractivity contribution in [3.8, 4) is 0 Å². The van der Waals surface area contributed by atoms with E-state index in [1.165, 1.54) is 0 Å². The molecular weight excluding hydrogens is 253 g/mol. The van der Waals surface area contributed by atoms with Gasteiger partial charge in [0.2, 0.25) is 0 Å². The summed E-state index contributed by atoms with van der Waals surface area (Å²) < 4.78 is 11.8. The van der Waals surface area contributed by atoms with Crippen LogP contribution in [0.3, 0.4) is 0 Å². The minimum absolute atomic E-state index is 0.0106. The summed E-state index contributed by atoms with van der Waals surface area (Å²) >= 11 is 11.9. The Bertz CT molecular complexity index is 397. The van der Waals surface area contributed by atoms with Gasteiger partial charge in [0, 0.05) is 39.7 Å². The maximum absolute atomic E-state index is 11.8. The molecule has 2 atom stereocenters. The van der Waals surface area contributed by atoms with Crippen molar-refractivity contribution in [2.45, 2.75) is 5.25 Å². The number of halogens is 2. The molecular formula is C10H11Cl2NOS. The van der Waals surface area contributed by atoms with Gasteiger partial charge in [-0.05, 0) is 17.7 Å². The SMILES string of the molecule is O=S1CCNCC1c1ccc(Cl)cc1Cl. The number of hydrogen-bond donors (Lipinski definition) is 1. The van der Waals surface area contributed by atoms with E-state index in [2.05, 4.69) is 5.32 Å². The van der Waals surface area contributed by atoms with Gasteiger partial charge in [0.1, 0.15) is 0 Å². The second-order valence-electron chi connectivity index (χ2n) is 3.44. The van der Waals surface area contributed by atoms with Crippen LogP contribution in [0.15, 0.2) is 18.2 Å². The van der Waals surface area contributed by atoms with Crippen LogP contribution in [0.25, 0.3) is 0 Å². The summed E-state index contributed by atoms with van der Waals surface area (Å²) in [6.45, 7) is 1.53. The summed E-state index contributed by atoms with van der Waals surface area (Å²) in [5.74, 6) is 0.684. The minimum atomic E-state index is -0.836. The quantitative estimate of drug-likeness (QED) is 0.843. The molecule has 0 aromatic heterocycles. The lowest BCUT2D eigenvalue weighted by Crippen LogP contribution is -2.35. The highest BCUT2D eigenvalue weighted by Crippen LogP contribution is 2.30. The Hall–Kier alpha value is -0.0900. The number of benzene rings is 1. The molecule has 82 valence electrons. The van der Waals surface area contributed by atoms with E-state index >= 15 is 0 Å². The van der Waals surface area contributed by atoms with E-state index in [9.17, 15) is 4.21 Å². The lowest BCUT2D eigenvalue weighted by molar-refractivity contribution is 0.624. The molecule has 15 heavy (non-hydrogen) atoms. The van der Waals surface area contributed by atoms with Crippen LogP contribution in [-0.2, 0) is 10.8 Å². The molecule has 2 nitrogen and oxygen atoms in total. The Kier molecular flexibility index (Phi) is 3.67. The molecule has 1 N–H and O–H groups in total. The summed E-state index contributed by atoms with van der Waals surface area (Å²) in [5.41, 5.74) is 0.923. The normalized spacial score (nSPS) is 26.5. The Morgan fingerprint density at radius 1 is 1.40 bits per heavy atom. The molecule has 1 aliphatic heterocycles. The molecule has 0 aliphatic carbocycles. The van der Waals surface area contributed by atoms with Gasteiger partial charge in [-0.15, -0.1) is 0 Å². The molecule has 2 unspecified atom stereocenters. The van der Waals surface area contributed by atoms with E-state index < -0.39 is 10.8 Å². The zero-order valence-corrected chi connectivity index (χ0v) is 10.3. The van der Waals surface area contributed by atoms with Crippen molar-refractivity contribution in [3.05, 3.63) is 33.8 Å². The third-order valence-electron chi connectivity index (χ3n) is 2.44. The number of hydrogen-bond acceptors (Lipinski definition) is 2. The van der Waals surface area contributed by atoms with E-state index in [1.807, 2.05) is 6.07 Å². The van der Waals surface area contributed by atoms with Gasteiger partial charge in [0.25, 0.3) is 0 Å². The number of rotatable bonds is 1. The smallest absolute Gasteiger partial charge is 0.0736 e. The summed E-state index contributed by atoms with van der Waals surface area (Å²) in [5, 5.41) is 4.42. The molecule has 5 heteroatoms. The standard InChI is InChI=1S/C10H11Cl2NOS/c11-7-1-2-8(9(12)5-7)10-6-13-3-4-15(10)14/h1-2,5,10,13H,3-4,6H2. The molecule has 1 aliphatic rings. The van der Waals surface area contributed by atoms with E-state index in [1.54, 1.807) is 12.1 Å². The van der Waals surface area contributed by atoms with Crippen molar-refractivity contribution in [2.24, 2.45) is 0 Å². The predicted octanol–water partition coefficient (Wildman–Crippen LogP) is 2.39. The van der Waals surface area contributed by atoms with Crippen LogP contribution in [0.4, 0.5) is 0 Å². The minimum Gasteiger partial charge on any atom is -0.314 e. The Morgan fingerprint density at radius 3 is 2.87 bits per heavy atom. The maximum Gasteiger partial charge on any atom is 0.0736 e. The van der Waals surface area contributed by atoms with Gasteiger partial charge in [-0.2, -0.15) is 0 Å². The monoisotopic (exact) mass is 263 g/mol. The molecule has 1 fully saturated rings. The van der Waals surface area contributed by atoms with Crippen molar-refractivity contribution >= 4 is 34.0 Å². The van der Waals surface area contributed by atoms with Gasteiger partial charge >= 0.3 is 0 Å². The van der Waals surface area contributed by atoms with Crippen molar-refractivity contribution in [1.82, 2.24) is 5.32 Å². The number of nitrogens with one attached hydrogen (secondary N) is 1.